The third kappa shape index (κ3) is 3.73. The van der Waals surface area contributed by atoms with Crippen LogP contribution in [0.1, 0.15) is 34.7 Å². The number of hydrogen-bond donors (Lipinski definition) is 0. The highest BCUT2D eigenvalue weighted by Gasteiger charge is 2.08. The first-order valence-corrected chi connectivity index (χ1v) is 8.06. The van der Waals surface area contributed by atoms with Crippen molar-refractivity contribution in [1.29, 1.82) is 0 Å². The summed E-state index contributed by atoms with van der Waals surface area (Å²) in [5.74, 6) is 0. The van der Waals surface area contributed by atoms with Gasteiger partial charge in [0, 0.05) is 18.4 Å². The molecule has 0 spiro atoms. The highest BCUT2D eigenvalue weighted by atomic mass is 15.1. The van der Waals surface area contributed by atoms with Crippen molar-refractivity contribution < 1.29 is 0 Å². The Labute approximate surface area is 141 Å². The molecule has 2 rings (SSSR count). The van der Waals surface area contributed by atoms with Gasteiger partial charge in [0.15, 0.2) is 0 Å². The normalized spacial score (nSPS) is 11.5. The summed E-state index contributed by atoms with van der Waals surface area (Å²) in [6.07, 6.45) is 2.17. The second-order valence-electron chi connectivity index (χ2n) is 6.41. The predicted octanol–water partition coefficient (Wildman–Crippen LogP) is 5.97. The second-order valence-corrected chi connectivity index (χ2v) is 6.41. The van der Waals surface area contributed by atoms with Gasteiger partial charge in [0.2, 0.25) is 0 Å². The van der Waals surface area contributed by atoms with Gasteiger partial charge in [-0.1, -0.05) is 36.9 Å². The zero-order valence-electron chi connectivity index (χ0n) is 15.2. The number of anilines is 1. The van der Waals surface area contributed by atoms with E-state index in [0.717, 1.165) is 5.57 Å². The molecule has 2 aromatic rings. The van der Waals surface area contributed by atoms with E-state index in [1.54, 1.807) is 0 Å². The van der Waals surface area contributed by atoms with Crippen LogP contribution in [-0.2, 0) is 0 Å². The molecule has 1 nitrogen and oxygen atoms in total. The van der Waals surface area contributed by atoms with Crippen LogP contribution in [-0.4, -0.2) is 7.05 Å². The first-order valence-electron chi connectivity index (χ1n) is 8.06. The molecule has 0 saturated carbocycles. The quantitative estimate of drug-likeness (QED) is 0.629. The van der Waals surface area contributed by atoms with Crippen molar-refractivity contribution in [2.45, 2.75) is 34.6 Å². The molecule has 120 valence electrons. The molecule has 0 saturated heterocycles. The molecule has 0 aliphatic carbocycles. The van der Waals surface area contributed by atoms with Crippen LogP contribution in [0.15, 0.2) is 54.8 Å². The van der Waals surface area contributed by atoms with E-state index in [0.29, 0.717) is 0 Å². The molecule has 0 aliphatic rings. The summed E-state index contributed by atoms with van der Waals surface area (Å²) in [4.78, 5) is 2.22. The van der Waals surface area contributed by atoms with Gasteiger partial charge in [-0.05, 0) is 80.2 Å². The molecule has 0 fully saturated rings. The Hall–Kier alpha value is -2.28. The summed E-state index contributed by atoms with van der Waals surface area (Å²) in [5, 5.41) is 0. The van der Waals surface area contributed by atoms with Gasteiger partial charge in [0.25, 0.3) is 0 Å². The number of rotatable bonds is 4. The maximum absolute atomic E-state index is 4.29. The van der Waals surface area contributed by atoms with Crippen molar-refractivity contribution in [2.24, 2.45) is 0 Å². The average molecular weight is 305 g/mol. The van der Waals surface area contributed by atoms with Crippen molar-refractivity contribution in [3.05, 3.63) is 82.6 Å². The van der Waals surface area contributed by atoms with Gasteiger partial charge in [-0.3, -0.25) is 0 Å². The molecule has 0 radical (unpaired) electrons. The fourth-order valence-electron chi connectivity index (χ4n) is 2.86. The minimum Gasteiger partial charge on any atom is -0.348 e. The lowest BCUT2D eigenvalue weighted by Gasteiger charge is -2.23. The predicted molar refractivity (Wildman–Crippen MR) is 103 cm³/mol. The Morgan fingerprint density at radius 1 is 0.913 bits per heavy atom. The highest BCUT2D eigenvalue weighted by Crippen LogP contribution is 2.26. The van der Waals surface area contributed by atoms with Gasteiger partial charge < -0.3 is 4.90 Å². The molecule has 0 atom stereocenters. The molecule has 0 bridgehead atoms. The van der Waals surface area contributed by atoms with E-state index in [1.807, 2.05) is 0 Å². The second kappa shape index (κ2) is 6.87. The van der Waals surface area contributed by atoms with Gasteiger partial charge >= 0.3 is 0 Å². The van der Waals surface area contributed by atoms with Crippen LogP contribution >= 0.6 is 0 Å². The van der Waals surface area contributed by atoms with Gasteiger partial charge in [-0.25, -0.2) is 0 Å². The Kier molecular flexibility index (Phi) is 5.10. The Balaban J connectivity index is 2.32. The van der Waals surface area contributed by atoms with E-state index < -0.39 is 0 Å². The monoisotopic (exact) mass is 305 g/mol. The molecular weight excluding hydrogens is 278 g/mol. The molecule has 2 aromatic carbocycles. The highest BCUT2D eigenvalue weighted by molar-refractivity contribution is 5.76. The average Bonchev–Trinajstić information content (AvgIpc) is 2.50. The SMILES string of the molecule is C=C(/C=C(/C)N(C)c1ccccc1C)c1cc(C)c(C)cc1C. The van der Waals surface area contributed by atoms with Crippen molar-refractivity contribution >= 4 is 11.3 Å². The van der Waals surface area contributed by atoms with Crippen molar-refractivity contribution in [3.63, 3.8) is 0 Å². The van der Waals surface area contributed by atoms with Gasteiger partial charge in [-0.2, -0.15) is 0 Å². The molecule has 0 heterocycles. The molecule has 23 heavy (non-hydrogen) atoms. The third-order valence-electron chi connectivity index (χ3n) is 4.58. The van der Waals surface area contributed by atoms with Crippen LogP contribution in [0.5, 0.6) is 0 Å². The molecular formula is C22H27N. The van der Waals surface area contributed by atoms with Crippen LogP contribution in [0.25, 0.3) is 5.57 Å². The van der Waals surface area contributed by atoms with Crippen LogP contribution in [0.4, 0.5) is 5.69 Å². The first-order chi connectivity index (χ1) is 10.8. The number of nitrogens with zero attached hydrogens (tertiary/aromatic N) is 1. The molecule has 0 N–H and O–H groups in total. The minimum atomic E-state index is 1.06. The lowest BCUT2D eigenvalue weighted by Crippen LogP contribution is -2.15. The zero-order valence-corrected chi connectivity index (χ0v) is 15.2. The summed E-state index contributed by atoms with van der Waals surface area (Å²) in [6.45, 7) is 15.0. The molecule has 0 aliphatic heterocycles. The smallest absolute Gasteiger partial charge is 0.0435 e. The summed E-state index contributed by atoms with van der Waals surface area (Å²) >= 11 is 0. The van der Waals surface area contributed by atoms with Gasteiger partial charge in [0.1, 0.15) is 0 Å². The van der Waals surface area contributed by atoms with E-state index in [9.17, 15) is 0 Å². The lowest BCUT2D eigenvalue weighted by molar-refractivity contribution is 1.08. The van der Waals surface area contributed by atoms with E-state index in [-0.39, 0.29) is 0 Å². The molecule has 0 amide bonds. The standard InChI is InChI=1S/C22H27N/c1-15-10-8-9-11-22(15)23(7)20(6)13-19(5)21-14-17(3)16(2)12-18(21)4/h8-14H,5H2,1-4,6-7H3/b20-13-. The lowest BCUT2D eigenvalue weighted by atomic mass is 9.95. The van der Waals surface area contributed by atoms with Gasteiger partial charge in [0.05, 0.1) is 0 Å². The Morgan fingerprint density at radius 2 is 1.52 bits per heavy atom. The molecule has 1 heteroatoms. The summed E-state index contributed by atoms with van der Waals surface area (Å²) in [5.41, 5.74) is 9.89. The number of aryl methyl sites for hydroxylation is 4. The topological polar surface area (TPSA) is 3.24 Å². The van der Waals surface area contributed by atoms with Gasteiger partial charge in [-0.15, -0.1) is 0 Å². The van der Waals surface area contributed by atoms with E-state index >= 15 is 0 Å². The number of hydrogen-bond acceptors (Lipinski definition) is 1. The number of benzene rings is 2. The van der Waals surface area contributed by atoms with Crippen LogP contribution < -0.4 is 4.90 Å². The van der Waals surface area contributed by atoms with E-state index in [2.05, 4.69) is 95.6 Å². The number of allylic oxidation sites excluding steroid dienone is 3. The summed E-state index contributed by atoms with van der Waals surface area (Å²) < 4.78 is 0. The Morgan fingerprint density at radius 3 is 2.17 bits per heavy atom. The Bertz CT molecular complexity index is 766. The van der Waals surface area contributed by atoms with Crippen LogP contribution in [0, 0.1) is 27.7 Å². The third-order valence-corrected chi connectivity index (χ3v) is 4.58. The van der Waals surface area contributed by atoms with Crippen molar-refractivity contribution in [2.75, 3.05) is 11.9 Å². The summed E-state index contributed by atoms with van der Waals surface area (Å²) in [7, 11) is 2.11. The first kappa shape index (κ1) is 17.1. The minimum absolute atomic E-state index is 1.06. The molecule has 0 unspecified atom stereocenters. The zero-order chi connectivity index (χ0) is 17.1. The maximum Gasteiger partial charge on any atom is 0.0435 e. The number of para-hydroxylation sites is 1. The largest absolute Gasteiger partial charge is 0.348 e. The van der Waals surface area contributed by atoms with Crippen LogP contribution in [0.3, 0.4) is 0 Å². The van der Waals surface area contributed by atoms with Crippen LogP contribution in [0.2, 0.25) is 0 Å². The van der Waals surface area contributed by atoms with E-state index in [1.165, 1.54) is 39.2 Å². The van der Waals surface area contributed by atoms with Crippen molar-refractivity contribution in [1.82, 2.24) is 0 Å². The van der Waals surface area contributed by atoms with Crippen molar-refractivity contribution in [3.8, 4) is 0 Å². The fourth-order valence-corrected chi connectivity index (χ4v) is 2.86. The fraction of sp³-hybridized carbons (Fsp3) is 0.273. The maximum atomic E-state index is 4.29. The summed E-state index contributed by atoms with van der Waals surface area (Å²) in [6, 6.07) is 12.9. The van der Waals surface area contributed by atoms with E-state index in [4.69, 9.17) is 0 Å². The molecule has 0 aromatic heterocycles.